The summed E-state index contributed by atoms with van der Waals surface area (Å²) in [5.74, 6) is 1.77. The highest BCUT2D eigenvalue weighted by Crippen LogP contribution is 2.35. The Morgan fingerprint density at radius 2 is 1.74 bits per heavy atom. The summed E-state index contributed by atoms with van der Waals surface area (Å²) in [4.78, 5) is 32.9. The van der Waals surface area contributed by atoms with Crippen molar-refractivity contribution in [3.8, 4) is 28.3 Å². The zero-order chi connectivity index (χ0) is 27.2. The van der Waals surface area contributed by atoms with Crippen molar-refractivity contribution in [2.24, 2.45) is 5.92 Å². The van der Waals surface area contributed by atoms with Crippen molar-refractivity contribution in [3.05, 3.63) is 53.9 Å². The van der Waals surface area contributed by atoms with Crippen molar-refractivity contribution in [3.63, 3.8) is 0 Å². The van der Waals surface area contributed by atoms with Gasteiger partial charge < -0.3 is 19.3 Å². The summed E-state index contributed by atoms with van der Waals surface area (Å²) < 4.78 is 11.4. The minimum atomic E-state index is -0.00221. The predicted octanol–water partition coefficient (Wildman–Crippen LogP) is 3.87. The maximum absolute atomic E-state index is 12.4. The van der Waals surface area contributed by atoms with E-state index in [1.807, 2.05) is 49.1 Å². The summed E-state index contributed by atoms with van der Waals surface area (Å²) >= 11 is 6.57. The first-order chi connectivity index (χ1) is 19.0. The molecule has 206 valence electrons. The fraction of sp³-hybridized carbons (Fsp3) is 0.448. The van der Waals surface area contributed by atoms with Gasteiger partial charge in [0.05, 0.1) is 30.1 Å². The number of rotatable bonds is 8. The largest absolute Gasteiger partial charge is 0.492 e. The molecule has 5 rings (SSSR count). The van der Waals surface area contributed by atoms with Crippen LogP contribution >= 0.6 is 11.6 Å². The van der Waals surface area contributed by atoms with Crippen LogP contribution in [0.15, 0.2) is 48.9 Å². The van der Waals surface area contributed by atoms with Gasteiger partial charge in [0.2, 0.25) is 5.91 Å². The average Bonchev–Trinajstić information content (AvgIpc) is 2.98. The normalized spacial score (nSPS) is 16.5. The summed E-state index contributed by atoms with van der Waals surface area (Å²) in [6, 6.07) is 9.80. The van der Waals surface area contributed by atoms with E-state index in [1.165, 1.54) is 0 Å². The van der Waals surface area contributed by atoms with Crippen molar-refractivity contribution >= 4 is 23.3 Å². The number of amides is 1. The summed E-state index contributed by atoms with van der Waals surface area (Å²) in [5, 5.41) is 0.514. The molecule has 2 aliphatic rings. The molecule has 1 aromatic carbocycles. The molecule has 0 aliphatic carbocycles. The third-order valence-corrected chi connectivity index (χ3v) is 7.41. The van der Waals surface area contributed by atoms with Crippen LogP contribution in [0.25, 0.3) is 22.5 Å². The molecule has 9 nitrogen and oxygen atoms in total. The zero-order valence-corrected chi connectivity index (χ0v) is 23.3. The lowest BCUT2D eigenvalue weighted by molar-refractivity contribution is -0.134. The number of ether oxygens (including phenoxy) is 2. The molecule has 1 amide bonds. The lowest BCUT2D eigenvalue weighted by Crippen LogP contribution is -2.50. The quantitative estimate of drug-likeness (QED) is 0.418. The van der Waals surface area contributed by atoms with E-state index < -0.39 is 0 Å². The van der Waals surface area contributed by atoms with Crippen LogP contribution in [0.2, 0.25) is 5.02 Å². The highest BCUT2D eigenvalue weighted by Gasteiger charge is 2.25. The van der Waals surface area contributed by atoms with Crippen LogP contribution in [0.4, 0.5) is 5.82 Å². The molecular weight excluding hydrogens is 516 g/mol. The molecule has 2 aliphatic heterocycles. The number of aromatic nitrogens is 3. The first kappa shape index (κ1) is 27.3. The Kier molecular flexibility index (Phi) is 8.91. The van der Waals surface area contributed by atoms with Crippen molar-refractivity contribution in [1.29, 1.82) is 0 Å². The van der Waals surface area contributed by atoms with Crippen molar-refractivity contribution < 1.29 is 14.3 Å². The highest BCUT2D eigenvalue weighted by atomic mass is 35.5. The number of anilines is 1. The zero-order valence-electron chi connectivity index (χ0n) is 22.6. The number of hydrogen-bond acceptors (Lipinski definition) is 8. The number of carbonyl (C=O) groups excluding carboxylic acids is 1. The predicted molar refractivity (Wildman–Crippen MR) is 152 cm³/mol. The molecule has 0 saturated carbocycles. The van der Waals surface area contributed by atoms with Gasteiger partial charge in [0, 0.05) is 75.3 Å². The molecule has 0 N–H and O–H groups in total. The number of piperazine rings is 1. The van der Waals surface area contributed by atoms with Crippen LogP contribution in [0.1, 0.15) is 13.8 Å². The molecule has 39 heavy (non-hydrogen) atoms. The van der Waals surface area contributed by atoms with Gasteiger partial charge in [-0.05, 0) is 30.3 Å². The number of hydrogen-bond donors (Lipinski definition) is 0. The molecular formula is C29H35ClN6O3. The molecule has 0 atom stereocenters. The van der Waals surface area contributed by atoms with E-state index in [2.05, 4.69) is 14.8 Å². The minimum absolute atomic E-state index is 0.00221. The monoisotopic (exact) mass is 550 g/mol. The molecule has 2 fully saturated rings. The first-order valence-electron chi connectivity index (χ1n) is 13.5. The lowest BCUT2D eigenvalue weighted by atomic mass is 10.0. The second-order valence-electron chi connectivity index (χ2n) is 10.1. The second-order valence-corrected chi connectivity index (χ2v) is 10.5. The van der Waals surface area contributed by atoms with Crippen LogP contribution in [-0.4, -0.2) is 96.3 Å². The smallest absolute Gasteiger partial charge is 0.225 e. The van der Waals surface area contributed by atoms with Gasteiger partial charge in [-0.2, -0.15) is 0 Å². The minimum Gasteiger partial charge on any atom is -0.492 e. The van der Waals surface area contributed by atoms with E-state index in [0.717, 1.165) is 61.2 Å². The average molecular weight is 551 g/mol. The van der Waals surface area contributed by atoms with E-state index in [4.69, 9.17) is 31.0 Å². The maximum Gasteiger partial charge on any atom is 0.225 e. The van der Waals surface area contributed by atoms with E-state index in [1.54, 1.807) is 18.6 Å². The summed E-state index contributed by atoms with van der Waals surface area (Å²) in [7, 11) is 0. The van der Waals surface area contributed by atoms with E-state index in [0.29, 0.717) is 43.5 Å². The SMILES string of the molecule is CC(C)C(=O)N1CCN(c2cnc(-c3ccc(OCCN4CCOCC4)cc3)c(-c3ccncc3Cl)n2)CC1. The van der Waals surface area contributed by atoms with Gasteiger partial charge in [-0.1, -0.05) is 25.4 Å². The van der Waals surface area contributed by atoms with Crippen molar-refractivity contribution in [2.45, 2.75) is 13.8 Å². The van der Waals surface area contributed by atoms with Gasteiger partial charge in [-0.25, -0.2) is 4.98 Å². The Morgan fingerprint density at radius 3 is 2.44 bits per heavy atom. The third-order valence-electron chi connectivity index (χ3n) is 7.10. The van der Waals surface area contributed by atoms with Crippen LogP contribution in [-0.2, 0) is 9.53 Å². The number of pyridine rings is 1. The molecule has 0 bridgehead atoms. The van der Waals surface area contributed by atoms with Gasteiger partial charge in [-0.15, -0.1) is 0 Å². The topological polar surface area (TPSA) is 83.9 Å². The number of morpholine rings is 1. The van der Waals surface area contributed by atoms with Gasteiger partial charge in [0.15, 0.2) is 0 Å². The Labute approximate surface area is 234 Å². The lowest BCUT2D eigenvalue weighted by Gasteiger charge is -2.36. The Hall–Kier alpha value is -3.27. The van der Waals surface area contributed by atoms with Crippen LogP contribution in [0.5, 0.6) is 5.75 Å². The summed E-state index contributed by atoms with van der Waals surface area (Å²) in [6.45, 7) is 11.6. The molecule has 0 spiro atoms. The molecule has 10 heteroatoms. The fourth-order valence-electron chi connectivity index (χ4n) is 4.85. The number of carbonyl (C=O) groups is 1. The number of benzene rings is 1. The fourth-order valence-corrected chi connectivity index (χ4v) is 5.05. The van der Waals surface area contributed by atoms with Crippen LogP contribution in [0.3, 0.4) is 0 Å². The standard InChI is InChI=1S/C29H35ClN6O3/c1-21(2)29(37)36-11-9-35(10-12-36)26-20-32-27(28(33-26)24-7-8-31-19-25(24)30)22-3-5-23(6-4-22)39-18-15-34-13-16-38-17-14-34/h3-8,19-21H,9-18H2,1-2H3. The molecule has 4 heterocycles. The van der Waals surface area contributed by atoms with Crippen molar-refractivity contribution in [2.75, 3.05) is 70.5 Å². The Morgan fingerprint density at radius 1 is 1.00 bits per heavy atom. The van der Waals surface area contributed by atoms with E-state index in [-0.39, 0.29) is 11.8 Å². The van der Waals surface area contributed by atoms with E-state index in [9.17, 15) is 4.79 Å². The molecule has 2 saturated heterocycles. The molecule has 2 aromatic heterocycles. The highest BCUT2D eigenvalue weighted by molar-refractivity contribution is 6.33. The van der Waals surface area contributed by atoms with Crippen LogP contribution in [0, 0.1) is 5.92 Å². The number of nitrogens with zero attached hydrogens (tertiary/aromatic N) is 6. The van der Waals surface area contributed by atoms with Crippen molar-refractivity contribution in [1.82, 2.24) is 24.8 Å². The van der Waals surface area contributed by atoms with Gasteiger partial charge in [0.25, 0.3) is 0 Å². The third kappa shape index (κ3) is 6.66. The summed E-state index contributed by atoms with van der Waals surface area (Å²) in [5.41, 5.74) is 3.13. The first-order valence-corrected chi connectivity index (χ1v) is 13.9. The van der Waals surface area contributed by atoms with Gasteiger partial charge in [0.1, 0.15) is 23.9 Å². The van der Waals surface area contributed by atoms with Gasteiger partial charge in [-0.3, -0.25) is 19.7 Å². The van der Waals surface area contributed by atoms with Gasteiger partial charge >= 0.3 is 0 Å². The Balaban J connectivity index is 1.34. The van der Waals surface area contributed by atoms with Crippen LogP contribution < -0.4 is 9.64 Å². The summed E-state index contributed by atoms with van der Waals surface area (Å²) in [6.07, 6.45) is 5.14. The molecule has 3 aromatic rings. The second kappa shape index (κ2) is 12.7. The van der Waals surface area contributed by atoms with E-state index >= 15 is 0 Å². The Bertz CT molecular complexity index is 1260. The molecule has 0 radical (unpaired) electrons. The maximum atomic E-state index is 12.4. The molecule has 0 unspecified atom stereocenters. The number of halogens is 1.